The fourth-order valence-electron chi connectivity index (χ4n) is 1.85. The number of rotatable bonds is 3. The highest BCUT2D eigenvalue weighted by molar-refractivity contribution is 5.79. The van der Waals surface area contributed by atoms with Crippen molar-refractivity contribution in [3.05, 3.63) is 53.7 Å². The van der Waals surface area contributed by atoms with Crippen LogP contribution in [0.4, 0.5) is 13.2 Å². The smallest absolute Gasteiger partial charge is 0.369 e. The Morgan fingerprint density at radius 1 is 1.10 bits per heavy atom. The third-order valence-electron chi connectivity index (χ3n) is 2.70. The third kappa shape index (κ3) is 3.14. The summed E-state index contributed by atoms with van der Waals surface area (Å²) in [7, 11) is 0. The molecule has 1 heterocycles. The van der Waals surface area contributed by atoms with Gasteiger partial charge < -0.3 is 5.73 Å². The van der Waals surface area contributed by atoms with Crippen molar-refractivity contribution in [1.82, 2.24) is 4.98 Å². The lowest BCUT2D eigenvalue weighted by molar-refractivity contribution is -0.141. The van der Waals surface area contributed by atoms with E-state index < -0.39 is 17.8 Å². The van der Waals surface area contributed by atoms with Gasteiger partial charge in [-0.05, 0) is 17.7 Å². The number of benzene rings is 1. The fraction of sp³-hybridized carbons (Fsp3) is 0.143. The average Bonchev–Trinajstić information content (AvgIpc) is 2.38. The zero-order chi connectivity index (χ0) is 14.8. The number of hydrogen-bond acceptors (Lipinski definition) is 2. The first-order valence-corrected chi connectivity index (χ1v) is 5.79. The van der Waals surface area contributed by atoms with E-state index in [0.29, 0.717) is 11.1 Å². The number of carbonyl (C=O) groups is 1. The lowest BCUT2D eigenvalue weighted by atomic mass is 10.0. The molecule has 0 aliphatic rings. The molecule has 1 aromatic carbocycles. The molecule has 2 rings (SSSR count). The molecule has 0 bridgehead atoms. The maximum atomic E-state index is 12.7. The van der Waals surface area contributed by atoms with Crippen molar-refractivity contribution in [3.8, 4) is 11.3 Å². The molecule has 104 valence electrons. The Morgan fingerprint density at radius 3 is 2.45 bits per heavy atom. The van der Waals surface area contributed by atoms with Gasteiger partial charge in [-0.2, -0.15) is 13.2 Å². The Hall–Kier alpha value is -2.37. The standard InChI is InChI=1S/C14H11F3N2O/c15-14(16,17)12-7-3-6-11(19-12)10-5-2-1-4-9(10)8-13(18)20/h1-7H,8H2,(H2,18,20). The molecule has 6 heteroatoms. The fourth-order valence-corrected chi connectivity index (χ4v) is 1.85. The highest BCUT2D eigenvalue weighted by atomic mass is 19.4. The summed E-state index contributed by atoms with van der Waals surface area (Å²) in [6.45, 7) is 0. The zero-order valence-corrected chi connectivity index (χ0v) is 10.3. The second kappa shape index (κ2) is 5.32. The van der Waals surface area contributed by atoms with Crippen LogP contribution in [0.15, 0.2) is 42.5 Å². The molecule has 0 aliphatic carbocycles. The molecular weight excluding hydrogens is 269 g/mol. The molecule has 0 saturated heterocycles. The normalized spacial score (nSPS) is 11.3. The largest absolute Gasteiger partial charge is 0.433 e. The SMILES string of the molecule is NC(=O)Cc1ccccc1-c1cccc(C(F)(F)F)n1. The minimum atomic E-state index is -4.51. The molecule has 0 atom stereocenters. The Bertz CT molecular complexity index is 638. The van der Waals surface area contributed by atoms with E-state index in [4.69, 9.17) is 5.73 Å². The van der Waals surface area contributed by atoms with Crippen molar-refractivity contribution in [1.29, 1.82) is 0 Å². The molecule has 0 radical (unpaired) electrons. The van der Waals surface area contributed by atoms with Crippen LogP contribution < -0.4 is 5.73 Å². The van der Waals surface area contributed by atoms with E-state index in [0.717, 1.165) is 6.07 Å². The maximum absolute atomic E-state index is 12.7. The van der Waals surface area contributed by atoms with Crippen LogP contribution in [-0.2, 0) is 17.4 Å². The van der Waals surface area contributed by atoms with Gasteiger partial charge in [-0.15, -0.1) is 0 Å². The first kappa shape index (κ1) is 14.0. The minimum Gasteiger partial charge on any atom is -0.369 e. The van der Waals surface area contributed by atoms with Crippen molar-refractivity contribution < 1.29 is 18.0 Å². The van der Waals surface area contributed by atoms with Gasteiger partial charge in [-0.3, -0.25) is 4.79 Å². The highest BCUT2D eigenvalue weighted by Crippen LogP contribution is 2.30. The number of alkyl halides is 3. The number of pyridine rings is 1. The van der Waals surface area contributed by atoms with Crippen LogP contribution in [0.1, 0.15) is 11.3 Å². The first-order valence-electron chi connectivity index (χ1n) is 5.79. The van der Waals surface area contributed by atoms with Crippen LogP contribution in [0.25, 0.3) is 11.3 Å². The summed E-state index contributed by atoms with van der Waals surface area (Å²) < 4.78 is 38.0. The number of nitrogens with zero attached hydrogens (tertiary/aromatic N) is 1. The molecule has 0 fully saturated rings. The molecule has 1 amide bonds. The van der Waals surface area contributed by atoms with Gasteiger partial charge in [0.2, 0.25) is 5.91 Å². The van der Waals surface area contributed by atoms with E-state index in [-0.39, 0.29) is 12.1 Å². The Balaban J connectivity index is 2.49. The Morgan fingerprint density at radius 2 is 1.80 bits per heavy atom. The summed E-state index contributed by atoms with van der Waals surface area (Å²) >= 11 is 0. The summed E-state index contributed by atoms with van der Waals surface area (Å²) in [6, 6.07) is 10.3. The number of nitrogens with two attached hydrogens (primary N) is 1. The number of aromatic nitrogens is 1. The second-order valence-electron chi connectivity index (χ2n) is 4.21. The summed E-state index contributed by atoms with van der Waals surface area (Å²) in [5, 5.41) is 0. The lowest BCUT2D eigenvalue weighted by Crippen LogP contribution is -2.14. The first-order chi connectivity index (χ1) is 9.38. The number of amides is 1. The highest BCUT2D eigenvalue weighted by Gasteiger charge is 2.32. The third-order valence-corrected chi connectivity index (χ3v) is 2.70. The van der Waals surface area contributed by atoms with Gasteiger partial charge in [0.05, 0.1) is 12.1 Å². The van der Waals surface area contributed by atoms with Crippen molar-refractivity contribution in [2.24, 2.45) is 5.73 Å². The van der Waals surface area contributed by atoms with E-state index in [2.05, 4.69) is 4.98 Å². The quantitative estimate of drug-likeness (QED) is 0.939. The number of hydrogen-bond donors (Lipinski definition) is 1. The maximum Gasteiger partial charge on any atom is 0.433 e. The van der Waals surface area contributed by atoms with Crippen LogP contribution in [-0.4, -0.2) is 10.9 Å². The van der Waals surface area contributed by atoms with E-state index >= 15 is 0 Å². The number of primary amides is 1. The predicted octanol–water partition coefficient (Wildman–Crippen LogP) is 2.80. The molecule has 0 saturated carbocycles. The van der Waals surface area contributed by atoms with E-state index in [1.54, 1.807) is 24.3 Å². The van der Waals surface area contributed by atoms with Gasteiger partial charge in [-0.1, -0.05) is 30.3 Å². The lowest BCUT2D eigenvalue weighted by Gasteiger charge is -2.10. The van der Waals surface area contributed by atoms with E-state index in [9.17, 15) is 18.0 Å². The molecule has 1 aromatic heterocycles. The molecule has 2 aromatic rings. The Labute approximate surface area is 113 Å². The summed E-state index contributed by atoms with van der Waals surface area (Å²) in [4.78, 5) is 14.6. The van der Waals surface area contributed by atoms with Crippen LogP contribution in [0.5, 0.6) is 0 Å². The van der Waals surface area contributed by atoms with Crippen LogP contribution >= 0.6 is 0 Å². The summed E-state index contributed by atoms with van der Waals surface area (Å²) in [6.07, 6.45) is -4.55. The molecule has 0 spiro atoms. The van der Waals surface area contributed by atoms with Crippen molar-refractivity contribution in [2.75, 3.05) is 0 Å². The van der Waals surface area contributed by atoms with Crippen molar-refractivity contribution in [3.63, 3.8) is 0 Å². The monoisotopic (exact) mass is 280 g/mol. The molecule has 3 nitrogen and oxygen atoms in total. The van der Waals surface area contributed by atoms with E-state index in [1.807, 2.05) is 0 Å². The minimum absolute atomic E-state index is 0.0475. The van der Waals surface area contributed by atoms with Gasteiger partial charge in [0.15, 0.2) is 0 Å². The van der Waals surface area contributed by atoms with Gasteiger partial charge in [-0.25, -0.2) is 4.98 Å². The van der Waals surface area contributed by atoms with Crippen molar-refractivity contribution >= 4 is 5.91 Å². The van der Waals surface area contributed by atoms with Gasteiger partial charge in [0.1, 0.15) is 5.69 Å². The predicted molar refractivity (Wildman–Crippen MR) is 67.6 cm³/mol. The van der Waals surface area contributed by atoms with Crippen LogP contribution in [0.2, 0.25) is 0 Å². The summed E-state index contributed by atoms with van der Waals surface area (Å²) in [5.41, 5.74) is 5.34. The zero-order valence-electron chi connectivity index (χ0n) is 10.3. The Kier molecular flexibility index (Phi) is 3.74. The second-order valence-corrected chi connectivity index (χ2v) is 4.21. The van der Waals surface area contributed by atoms with Crippen molar-refractivity contribution in [2.45, 2.75) is 12.6 Å². The van der Waals surface area contributed by atoms with Crippen LogP contribution in [0.3, 0.4) is 0 Å². The topological polar surface area (TPSA) is 56.0 Å². The molecule has 0 aliphatic heterocycles. The van der Waals surface area contributed by atoms with Gasteiger partial charge in [0.25, 0.3) is 0 Å². The van der Waals surface area contributed by atoms with E-state index in [1.165, 1.54) is 12.1 Å². The molecule has 2 N–H and O–H groups in total. The summed E-state index contributed by atoms with van der Waals surface area (Å²) in [5.74, 6) is -0.551. The molecular formula is C14H11F3N2O. The average molecular weight is 280 g/mol. The molecule has 20 heavy (non-hydrogen) atoms. The number of carbonyl (C=O) groups excluding carboxylic acids is 1. The number of halogens is 3. The van der Waals surface area contributed by atoms with Gasteiger partial charge in [0, 0.05) is 5.56 Å². The van der Waals surface area contributed by atoms with Crippen LogP contribution in [0, 0.1) is 0 Å². The van der Waals surface area contributed by atoms with Gasteiger partial charge >= 0.3 is 6.18 Å². The molecule has 0 unspecified atom stereocenters.